The summed E-state index contributed by atoms with van der Waals surface area (Å²) in [5, 5.41) is 0. The van der Waals surface area contributed by atoms with Crippen LogP contribution in [0.3, 0.4) is 0 Å². The lowest BCUT2D eigenvalue weighted by molar-refractivity contribution is 0.164. The van der Waals surface area contributed by atoms with Crippen LogP contribution in [0.2, 0.25) is 0 Å². The van der Waals surface area contributed by atoms with Crippen molar-refractivity contribution in [3.8, 4) is 0 Å². The summed E-state index contributed by atoms with van der Waals surface area (Å²) >= 11 is 0. The average molecular weight is 208 g/mol. The topological polar surface area (TPSA) is 0 Å². The van der Waals surface area contributed by atoms with E-state index < -0.39 is 0 Å². The van der Waals surface area contributed by atoms with Gasteiger partial charge in [0.25, 0.3) is 0 Å². The Labute approximate surface area is 95.8 Å². The van der Waals surface area contributed by atoms with Crippen LogP contribution < -0.4 is 0 Å². The summed E-state index contributed by atoms with van der Waals surface area (Å²) in [4.78, 5) is 0. The Hall–Kier alpha value is 0. The van der Waals surface area contributed by atoms with Crippen molar-refractivity contribution >= 4 is 0 Å². The van der Waals surface area contributed by atoms with E-state index in [0.29, 0.717) is 10.8 Å². The van der Waals surface area contributed by atoms with Crippen LogP contribution in [0.1, 0.15) is 67.2 Å². The molecule has 0 heterocycles. The van der Waals surface area contributed by atoms with Gasteiger partial charge >= 0.3 is 0 Å². The fourth-order valence-corrected chi connectivity index (χ4v) is 3.90. The van der Waals surface area contributed by atoms with Crippen LogP contribution in [0.25, 0.3) is 0 Å². The lowest BCUT2D eigenvalue weighted by atomic mass is 9.72. The molecule has 0 saturated heterocycles. The van der Waals surface area contributed by atoms with Crippen molar-refractivity contribution in [2.75, 3.05) is 0 Å². The van der Waals surface area contributed by atoms with Gasteiger partial charge < -0.3 is 0 Å². The highest BCUT2D eigenvalue weighted by molar-refractivity contribution is 5.09. The highest BCUT2D eigenvalue weighted by Gasteiger charge is 2.59. The van der Waals surface area contributed by atoms with Gasteiger partial charge in [-0.1, -0.05) is 41.5 Å². The second-order valence-electron chi connectivity index (χ2n) is 8.28. The van der Waals surface area contributed by atoms with E-state index in [-0.39, 0.29) is 0 Å². The van der Waals surface area contributed by atoms with E-state index in [0.717, 1.165) is 17.3 Å². The van der Waals surface area contributed by atoms with E-state index in [2.05, 4.69) is 41.5 Å². The summed E-state index contributed by atoms with van der Waals surface area (Å²) in [6.45, 7) is 14.6. The molecule has 0 bridgehead atoms. The fraction of sp³-hybridized carbons (Fsp3) is 1.00. The van der Waals surface area contributed by atoms with E-state index in [1.165, 1.54) is 25.7 Å². The number of hydrogen-bond acceptors (Lipinski definition) is 0. The van der Waals surface area contributed by atoms with E-state index >= 15 is 0 Å². The Morgan fingerprint density at radius 3 is 1.67 bits per heavy atom. The van der Waals surface area contributed by atoms with Gasteiger partial charge in [-0.05, 0) is 53.8 Å². The van der Waals surface area contributed by atoms with Crippen LogP contribution in [0.15, 0.2) is 0 Å². The van der Waals surface area contributed by atoms with Crippen LogP contribution in [-0.4, -0.2) is 0 Å². The fourth-order valence-electron chi connectivity index (χ4n) is 3.90. The summed E-state index contributed by atoms with van der Waals surface area (Å²) in [6, 6.07) is 0. The summed E-state index contributed by atoms with van der Waals surface area (Å²) in [5.41, 5.74) is 1.82. The Bertz CT molecular complexity index is 244. The number of rotatable bonds is 0. The maximum atomic E-state index is 2.45. The molecule has 2 saturated carbocycles. The minimum Gasteiger partial charge on any atom is -0.0599 e. The molecular formula is C15H28. The molecule has 0 aromatic carbocycles. The molecule has 2 atom stereocenters. The third-order valence-electron chi connectivity index (χ3n) is 5.07. The van der Waals surface area contributed by atoms with Gasteiger partial charge in [-0.3, -0.25) is 0 Å². The monoisotopic (exact) mass is 208 g/mol. The maximum Gasteiger partial charge on any atom is -0.0261 e. The van der Waals surface area contributed by atoms with Gasteiger partial charge in [0.05, 0.1) is 0 Å². The molecule has 0 aromatic heterocycles. The normalized spacial score (nSPS) is 34.8. The zero-order valence-corrected chi connectivity index (χ0v) is 11.5. The van der Waals surface area contributed by atoms with Crippen LogP contribution in [0.5, 0.6) is 0 Å². The largest absolute Gasteiger partial charge is 0.0599 e. The third kappa shape index (κ3) is 1.97. The van der Waals surface area contributed by atoms with E-state index in [4.69, 9.17) is 0 Å². The van der Waals surface area contributed by atoms with E-state index in [9.17, 15) is 0 Å². The first-order valence-electron chi connectivity index (χ1n) is 6.65. The standard InChI is InChI=1S/C15H28/c1-13(2,3)11-9-12(14(4,5)6)15(10-11)7-8-15/h11-12H,7-10H2,1-6H3. The average Bonchev–Trinajstić information content (AvgIpc) is 2.56. The van der Waals surface area contributed by atoms with Crippen molar-refractivity contribution in [2.45, 2.75) is 67.2 Å². The quantitative estimate of drug-likeness (QED) is 0.532. The van der Waals surface area contributed by atoms with Crippen LogP contribution in [0.4, 0.5) is 0 Å². The minimum absolute atomic E-state index is 0.523. The van der Waals surface area contributed by atoms with Crippen molar-refractivity contribution in [1.29, 1.82) is 0 Å². The van der Waals surface area contributed by atoms with Gasteiger partial charge in [-0.25, -0.2) is 0 Å². The molecule has 2 rings (SSSR count). The lowest BCUT2D eigenvalue weighted by Gasteiger charge is -2.33. The van der Waals surface area contributed by atoms with E-state index in [1.54, 1.807) is 0 Å². The highest BCUT2D eigenvalue weighted by atomic mass is 14.6. The molecule has 1 spiro atoms. The predicted molar refractivity (Wildman–Crippen MR) is 66.8 cm³/mol. The van der Waals surface area contributed by atoms with Crippen LogP contribution in [-0.2, 0) is 0 Å². The molecule has 0 heteroatoms. The minimum atomic E-state index is 0.523. The van der Waals surface area contributed by atoms with E-state index in [1.807, 2.05) is 0 Å². The Kier molecular flexibility index (Phi) is 2.31. The van der Waals surface area contributed by atoms with Crippen LogP contribution >= 0.6 is 0 Å². The van der Waals surface area contributed by atoms with Crippen molar-refractivity contribution in [3.63, 3.8) is 0 Å². The molecule has 0 nitrogen and oxygen atoms in total. The molecule has 15 heavy (non-hydrogen) atoms. The SMILES string of the molecule is CC(C)(C)C1CC(C(C)(C)C)C2(CC2)C1. The molecule has 88 valence electrons. The summed E-state index contributed by atoms with van der Waals surface area (Å²) in [5.74, 6) is 1.94. The molecule has 2 fully saturated rings. The molecule has 2 aliphatic rings. The van der Waals surface area contributed by atoms with Crippen molar-refractivity contribution in [1.82, 2.24) is 0 Å². The molecule has 0 radical (unpaired) electrons. The summed E-state index contributed by atoms with van der Waals surface area (Å²) in [7, 11) is 0. The van der Waals surface area contributed by atoms with Gasteiger partial charge in [0.15, 0.2) is 0 Å². The zero-order chi connectivity index (χ0) is 11.5. The first kappa shape index (κ1) is 11.5. The second-order valence-corrected chi connectivity index (χ2v) is 8.28. The van der Waals surface area contributed by atoms with Crippen molar-refractivity contribution in [3.05, 3.63) is 0 Å². The van der Waals surface area contributed by atoms with Crippen molar-refractivity contribution in [2.24, 2.45) is 28.1 Å². The molecule has 0 amide bonds. The van der Waals surface area contributed by atoms with Gasteiger partial charge in [-0.2, -0.15) is 0 Å². The maximum absolute atomic E-state index is 2.45. The van der Waals surface area contributed by atoms with Crippen LogP contribution in [0, 0.1) is 28.1 Å². The van der Waals surface area contributed by atoms with Gasteiger partial charge in [0, 0.05) is 0 Å². The summed E-state index contributed by atoms with van der Waals surface area (Å²) in [6.07, 6.45) is 6.02. The molecule has 0 aliphatic heterocycles. The Morgan fingerprint density at radius 1 is 0.867 bits per heavy atom. The van der Waals surface area contributed by atoms with Gasteiger partial charge in [0.1, 0.15) is 0 Å². The molecule has 0 aromatic rings. The highest BCUT2D eigenvalue weighted by Crippen LogP contribution is 2.69. The lowest BCUT2D eigenvalue weighted by Crippen LogP contribution is -2.25. The first-order chi connectivity index (χ1) is 6.65. The second kappa shape index (κ2) is 3.02. The Balaban J connectivity index is 2.16. The Morgan fingerprint density at radius 2 is 1.40 bits per heavy atom. The van der Waals surface area contributed by atoms with Gasteiger partial charge in [-0.15, -0.1) is 0 Å². The molecule has 2 unspecified atom stereocenters. The smallest absolute Gasteiger partial charge is 0.0261 e. The first-order valence-corrected chi connectivity index (χ1v) is 6.65. The zero-order valence-electron chi connectivity index (χ0n) is 11.5. The molecule has 0 N–H and O–H groups in total. The number of hydrogen-bond donors (Lipinski definition) is 0. The van der Waals surface area contributed by atoms with Gasteiger partial charge in [0.2, 0.25) is 0 Å². The summed E-state index contributed by atoms with van der Waals surface area (Å²) < 4.78 is 0. The molecule has 2 aliphatic carbocycles. The van der Waals surface area contributed by atoms with Crippen molar-refractivity contribution < 1.29 is 0 Å². The predicted octanol–water partition coefficient (Wildman–Crippen LogP) is 4.89. The third-order valence-corrected chi connectivity index (χ3v) is 5.07. The molecular weight excluding hydrogens is 180 g/mol.